The molecular formula is C23H24N4O2S3. The Hall–Kier alpha value is -2.15. The molecule has 9 heteroatoms. The topological polar surface area (TPSA) is 87.8 Å². The summed E-state index contributed by atoms with van der Waals surface area (Å²) in [6.07, 6.45) is 6.04. The number of nitrogens with zero attached hydrogens (tertiary/aromatic N) is 3. The highest BCUT2D eigenvalue weighted by Gasteiger charge is 2.25. The summed E-state index contributed by atoms with van der Waals surface area (Å²) in [7, 11) is 0. The summed E-state index contributed by atoms with van der Waals surface area (Å²) in [4.78, 5) is 34.1. The summed E-state index contributed by atoms with van der Waals surface area (Å²) >= 11 is 4.44. The van der Waals surface area contributed by atoms with Gasteiger partial charge in [-0.05, 0) is 62.5 Å². The predicted octanol–water partition coefficient (Wildman–Crippen LogP) is 4.76. The molecule has 1 unspecified atom stereocenters. The lowest BCUT2D eigenvalue weighted by Gasteiger charge is -2.17. The third kappa shape index (κ3) is 3.68. The van der Waals surface area contributed by atoms with E-state index in [2.05, 4.69) is 18.3 Å². The van der Waals surface area contributed by atoms with E-state index in [0.717, 1.165) is 54.3 Å². The molecule has 0 fully saturated rings. The second-order valence-corrected chi connectivity index (χ2v) is 11.6. The van der Waals surface area contributed by atoms with Gasteiger partial charge in [-0.1, -0.05) is 18.7 Å². The Balaban J connectivity index is 1.38. The van der Waals surface area contributed by atoms with Crippen LogP contribution in [0, 0.1) is 17.2 Å². The van der Waals surface area contributed by atoms with E-state index in [9.17, 15) is 14.9 Å². The summed E-state index contributed by atoms with van der Waals surface area (Å²) in [5.74, 6) is 0.606. The number of thiophene rings is 2. The van der Waals surface area contributed by atoms with E-state index in [1.165, 1.54) is 38.4 Å². The van der Waals surface area contributed by atoms with Gasteiger partial charge in [0.2, 0.25) is 5.91 Å². The summed E-state index contributed by atoms with van der Waals surface area (Å²) in [5.41, 5.74) is 2.91. The van der Waals surface area contributed by atoms with Crippen molar-refractivity contribution in [1.29, 1.82) is 5.26 Å². The number of hydrogen-bond acceptors (Lipinski definition) is 7. The van der Waals surface area contributed by atoms with Crippen molar-refractivity contribution >= 4 is 55.6 Å². The van der Waals surface area contributed by atoms with E-state index in [4.69, 9.17) is 4.98 Å². The zero-order valence-electron chi connectivity index (χ0n) is 18.1. The zero-order valence-corrected chi connectivity index (χ0v) is 20.6. The molecule has 2 aliphatic rings. The summed E-state index contributed by atoms with van der Waals surface area (Å²) in [6.45, 7) is 4.71. The van der Waals surface area contributed by atoms with Crippen LogP contribution in [0.3, 0.4) is 0 Å². The maximum absolute atomic E-state index is 13.3. The van der Waals surface area contributed by atoms with Crippen LogP contribution in [0.1, 0.15) is 53.1 Å². The van der Waals surface area contributed by atoms with Gasteiger partial charge in [-0.15, -0.1) is 22.7 Å². The molecule has 6 nitrogen and oxygen atoms in total. The first-order valence-corrected chi connectivity index (χ1v) is 13.6. The molecule has 0 saturated carbocycles. The number of amides is 1. The molecule has 32 heavy (non-hydrogen) atoms. The molecule has 1 atom stereocenters. The fourth-order valence-electron chi connectivity index (χ4n) is 4.70. The van der Waals surface area contributed by atoms with Crippen molar-refractivity contribution in [1.82, 2.24) is 9.55 Å². The van der Waals surface area contributed by atoms with Crippen molar-refractivity contribution in [3.8, 4) is 6.07 Å². The highest BCUT2D eigenvalue weighted by molar-refractivity contribution is 7.99. The van der Waals surface area contributed by atoms with Gasteiger partial charge in [-0.3, -0.25) is 14.2 Å². The van der Waals surface area contributed by atoms with Crippen LogP contribution in [-0.4, -0.2) is 21.2 Å². The van der Waals surface area contributed by atoms with Crippen molar-refractivity contribution in [2.24, 2.45) is 5.92 Å². The van der Waals surface area contributed by atoms with Gasteiger partial charge in [-0.25, -0.2) is 4.98 Å². The number of rotatable bonds is 5. The number of carbonyl (C=O) groups excluding carboxylic acids is 1. The molecule has 0 aromatic carbocycles. The van der Waals surface area contributed by atoms with E-state index < -0.39 is 0 Å². The minimum Gasteiger partial charge on any atom is -0.316 e. The summed E-state index contributed by atoms with van der Waals surface area (Å²) in [5, 5.41) is 14.5. The number of nitriles is 1. The van der Waals surface area contributed by atoms with E-state index >= 15 is 0 Å². The van der Waals surface area contributed by atoms with Gasteiger partial charge in [0.25, 0.3) is 5.56 Å². The number of aromatic nitrogens is 2. The minimum absolute atomic E-state index is 0.00825. The number of anilines is 1. The molecule has 0 bridgehead atoms. The minimum atomic E-state index is -0.178. The molecule has 166 valence electrons. The van der Waals surface area contributed by atoms with Crippen LogP contribution in [0.25, 0.3) is 10.2 Å². The number of aryl methyl sites for hydroxylation is 2. The monoisotopic (exact) mass is 484 g/mol. The summed E-state index contributed by atoms with van der Waals surface area (Å²) < 4.78 is 1.69. The number of carbonyl (C=O) groups is 1. The second-order valence-electron chi connectivity index (χ2n) is 8.49. The molecule has 0 spiro atoms. The van der Waals surface area contributed by atoms with Crippen molar-refractivity contribution in [2.45, 2.75) is 64.1 Å². The van der Waals surface area contributed by atoms with Crippen LogP contribution >= 0.6 is 34.4 Å². The lowest BCUT2D eigenvalue weighted by atomic mass is 9.89. The van der Waals surface area contributed by atoms with Crippen LogP contribution in [0.15, 0.2) is 9.95 Å². The Morgan fingerprint density at radius 3 is 2.91 bits per heavy atom. The first-order chi connectivity index (χ1) is 15.5. The molecule has 0 radical (unpaired) electrons. The quantitative estimate of drug-likeness (QED) is 0.417. The lowest BCUT2D eigenvalue weighted by Crippen LogP contribution is -2.24. The van der Waals surface area contributed by atoms with E-state index in [0.29, 0.717) is 28.2 Å². The van der Waals surface area contributed by atoms with E-state index in [-0.39, 0.29) is 17.2 Å². The maximum atomic E-state index is 13.3. The SMILES string of the molecule is CCn1c(SCC(=O)Nc2sc3c(c2C#N)CCC3)nc2sc3c(c2c1=O)CCC(C)C3. The largest absolute Gasteiger partial charge is 0.316 e. The van der Waals surface area contributed by atoms with E-state index in [1.807, 2.05) is 6.92 Å². The Bertz CT molecular complexity index is 1330. The highest BCUT2D eigenvalue weighted by atomic mass is 32.2. The molecule has 1 amide bonds. The van der Waals surface area contributed by atoms with Gasteiger partial charge >= 0.3 is 0 Å². The fraction of sp³-hybridized carbons (Fsp3) is 0.478. The van der Waals surface area contributed by atoms with Crippen molar-refractivity contribution in [2.75, 3.05) is 11.1 Å². The molecule has 2 aliphatic carbocycles. The lowest BCUT2D eigenvalue weighted by molar-refractivity contribution is -0.113. The first kappa shape index (κ1) is 21.7. The van der Waals surface area contributed by atoms with Crippen LogP contribution in [-0.2, 0) is 37.0 Å². The molecular weight excluding hydrogens is 460 g/mol. The molecule has 0 aliphatic heterocycles. The smallest absolute Gasteiger partial charge is 0.263 e. The Kier molecular flexibility index (Phi) is 5.86. The second kappa shape index (κ2) is 8.65. The first-order valence-electron chi connectivity index (χ1n) is 11.0. The van der Waals surface area contributed by atoms with Gasteiger partial charge in [-0.2, -0.15) is 5.26 Å². The molecule has 0 saturated heterocycles. The average molecular weight is 485 g/mol. The predicted molar refractivity (Wildman–Crippen MR) is 131 cm³/mol. The highest BCUT2D eigenvalue weighted by Crippen LogP contribution is 2.39. The molecule has 1 N–H and O–H groups in total. The van der Waals surface area contributed by atoms with Crippen LogP contribution in [0.5, 0.6) is 0 Å². The molecule has 3 aromatic rings. The molecule has 3 aromatic heterocycles. The van der Waals surface area contributed by atoms with Crippen LogP contribution in [0.4, 0.5) is 5.00 Å². The average Bonchev–Trinajstić information content (AvgIpc) is 3.44. The Morgan fingerprint density at radius 2 is 2.12 bits per heavy atom. The fourth-order valence-corrected chi connectivity index (χ4v) is 8.24. The number of hydrogen-bond donors (Lipinski definition) is 1. The molecule has 5 rings (SSSR count). The van der Waals surface area contributed by atoms with Gasteiger partial charge in [0, 0.05) is 16.3 Å². The number of nitrogens with one attached hydrogen (secondary N) is 1. The summed E-state index contributed by atoms with van der Waals surface area (Å²) in [6, 6.07) is 2.26. The maximum Gasteiger partial charge on any atom is 0.263 e. The Morgan fingerprint density at radius 1 is 1.28 bits per heavy atom. The van der Waals surface area contributed by atoms with Gasteiger partial charge in [0.1, 0.15) is 15.9 Å². The third-order valence-electron chi connectivity index (χ3n) is 6.31. The van der Waals surface area contributed by atoms with Crippen LogP contribution in [0.2, 0.25) is 0 Å². The zero-order chi connectivity index (χ0) is 22.4. The molecule has 3 heterocycles. The van der Waals surface area contributed by atoms with Gasteiger partial charge in [0.05, 0.1) is 16.7 Å². The number of thioether (sulfide) groups is 1. The normalized spacial score (nSPS) is 17.2. The van der Waals surface area contributed by atoms with Crippen molar-refractivity contribution in [3.63, 3.8) is 0 Å². The van der Waals surface area contributed by atoms with Gasteiger partial charge in [0.15, 0.2) is 5.16 Å². The third-order valence-corrected chi connectivity index (χ3v) is 9.65. The number of fused-ring (bicyclic) bond motifs is 4. The van der Waals surface area contributed by atoms with Crippen LogP contribution < -0.4 is 10.9 Å². The Labute approximate surface area is 198 Å². The van der Waals surface area contributed by atoms with Crippen molar-refractivity contribution in [3.05, 3.63) is 36.8 Å². The van der Waals surface area contributed by atoms with Crippen molar-refractivity contribution < 1.29 is 4.79 Å². The van der Waals surface area contributed by atoms with Gasteiger partial charge < -0.3 is 5.32 Å². The van der Waals surface area contributed by atoms with E-state index in [1.54, 1.807) is 15.9 Å². The standard InChI is InChI=1S/C23H24N4O2S3/c1-3-27-22(29)19-14-8-7-12(2)9-17(14)32-21(19)26-23(27)30-11-18(28)25-20-15(10-24)13-5-4-6-16(13)31-20/h12H,3-9,11H2,1-2H3,(H,25,28).